The van der Waals surface area contributed by atoms with E-state index < -0.39 is 20.6 Å². The van der Waals surface area contributed by atoms with Crippen LogP contribution in [-0.2, 0) is 20.6 Å². The average Bonchev–Trinajstić information content (AvgIpc) is 2.33. The van der Waals surface area contributed by atoms with Crippen molar-refractivity contribution in [3.05, 3.63) is 0 Å². The Balaban J connectivity index is 0.000000265. The number of hydrogen-bond acceptors (Lipinski definition) is 3. The van der Waals surface area contributed by atoms with Crippen LogP contribution in [0.2, 0.25) is 0 Å². The largest absolute Gasteiger partial charge is 0.260 e. The minimum Gasteiger partial charge on any atom is -0.260 e. The maximum Gasteiger partial charge on any atom is 0.150 e. The summed E-state index contributed by atoms with van der Waals surface area (Å²) in [7, 11) is -3.02. The van der Waals surface area contributed by atoms with E-state index in [1.165, 1.54) is 19.3 Å². The Labute approximate surface area is 109 Å². The molecule has 17 heavy (non-hydrogen) atoms. The highest BCUT2D eigenvalue weighted by Gasteiger charge is 2.14. The molecule has 0 spiro atoms. The summed E-state index contributed by atoms with van der Waals surface area (Å²) in [5.74, 6) is 2.76. The number of hydrogen-bond donors (Lipinski definition) is 0. The van der Waals surface area contributed by atoms with E-state index in [4.69, 9.17) is 0 Å². The zero-order valence-electron chi connectivity index (χ0n) is 11.1. The molecule has 0 aromatic carbocycles. The molecule has 0 bridgehead atoms. The van der Waals surface area contributed by atoms with Crippen LogP contribution in [0.25, 0.3) is 0 Å². The molecule has 5 heteroatoms. The van der Waals surface area contributed by atoms with Crippen molar-refractivity contribution in [1.29, 1.82) is 0 Å². The van der Waals surface area contributed by atoms with Gasteiger partial charge in [-0.05, 0) is 25.7 Å². The molecule has 104 valence electrons. The quantitative estimate of drug-likeness (QED) is 0.686. The van der Waals surface area contributed by atoms with Gasteiger partial charge in [0.05, 0.1) is 11.5 Å². The van der Waals surface area contributed by atoms with Crippen LogP contribution >= 0.6 is 0 Å². The second-order valence-electron chi connectivity index (χ2n) is 4.12. The third-order valence-electron chi connectivity index (χ3n) is 2.65. The molecule has 0 unspecified atom stereocenters. The molecule has 2 heterocycles. The molecular formula is C12H26O3S2. The van der Waals surface area contributed by atoms with Gasteiger partial charge in [0.25, 0.3) is 0 Å². The van der Waals surface area contributed by atoms with E-state index in [1.54, 1.807) is 0 Å². The van der Waals surface area contributed by atoms with E-state index in [2.05, 4.69) is 0 Å². The Kier molecular flexibility index (Phi) is 10.1. The van der Waals surface area contributed by atoms with Crippen molar-refractivity contribution < 1.29 is 12.6 Å². The zero-order chi connectivity index (χ0) is 13.1. The summed E-state index contributed by atoms with van der Waals surface area (Å²) in [5, 5.41) is 0. The van der Waals surface area contributed by atoms with Gasteiger partial charge in [-0.1, -0.05) is 26.7 Å². The maximum absolute atomic E-state index is 10.7. The molecule has 0 atom stereocenters. The Morgan fingerprint density at radius 2 is 1.18 bits per heavy atom. The first kappa shape index (κ1) is 17.1. The van der Waals surface area contributed by atoms with Crippen LogP contribution in [-0.4, -0.2) is 35.6 Å². The monoisotopic (exact) mass is 282 g/mol. The van der Waals surface area contributed by atoms with Crippen LogP contribution in [0.4, 0.5) is 0 Å². The standard InChI is InChI=1S/C5H10O2S.C5H10OS.C2H6/c6-8(7)4-2-1-3-5-8;6-7-4-2-1-3-5-7;1-2/h1-5H2;1-5H2;1-2H3. The SMILES string of the molecule is CC.O=S1(=O)CCCCC1.O=S1CCCCC1. The topological polar surface area (TPSA) is 51.2 Å². The Morgan fingerprint density at radius 1 is 0.765 bits per heavy atom. The first-order chi connectivity index (χ1) is 8.10. The van der Waals surface area contributed by atoms with Crippen molar-refractivity contribution in [2.24, 2.45) is 0 Å². The van der Waals surface area contributed by atoms with Gasteiger partial charge < -0.3 is 0 Å². The highest BCUT2D eigenvalue weighted by atomic mass is 32.2. The van der Waals surface area contributed by atoms with Crippen molar-refractivity contribution in [1.82, 2.24) is 0 Å². The Bertz CT molecular complexity index is 277. The summed E-state index contributed by atoms with van der Waals surface area (Å²) in [5.41, 5.74) is 0. The minimum atomic E-state index is -2.58. The maximum atomic E-state index is 10.7. The van der Waals surface area contributed by atoms with Gasteiger partial charge in [0.2, 0.25) is 0 Å². The van der Waals surface area contributed by atoms with E-state index in [9.17, 15) is 12.6 Å². The molecule has 0 N–H and O–H groups in total. The fourth-order valence-corrected chi connectivity index (χ4v) is 4.48. The molecule has 2 rings (SSSR count). The molecule has 0 saturated carbocycles. The van der Waals surface area contributed by atoms with Crippen LogP contribution in [0, 0.1) is 0 Å². The van der Waals surface area contributed by atoms with Crippen LogP contribution < -0.4 is 0 Å². The van der Waals surface area contributed by atoms with Gasteiger partial charge in [-0.15, -0.1) is 0 Å². The lowest BCUT2D eigenvalue weighted by molar-refractivity contribution is 0.575. The van der Waals surface area contributed by atoms with E-state index in [0.29, 0.717) is 11.5 Å². The van der Waals surface area contributed by atoms with Gasteiger partial charge in [-0.3, -0.25) is 4.21 Å². The number of sulfone groups is 1. The van der Waals surface area contributed by atoms with Gasteiger partial charge in [0.1, 0.15) is 9.84 Å². The third kappa shape index (κ3) is 9.77. The normalized spacial score (nSPS) is 23.6. The highest BCUT2D eigenvalue weighted by Crippen LogP contribution is 2.09. The van der Waals surface area contributed by atoms with E-state index in [-0.39, 0.29) is 0 Å². The first-order valence-corrected chi connectivity index (χ1v) is 9.96. The van der Waals surface area contributed by atoms with Crippen LogP contribution in [0.5, 0.6) is 0 Å². The highest BCUT2D eigenvalue weighted by molar-refractivity contribution is 7.91. The van der Waals surface area contributed by atoms with E-state index >= 15 is 0 Å². The lowest BCUT2D eigenvalue weighted by Gasteiger charge is -2.08. The summed E-state index contributed by atoms with van der Waals surface area (Å²) in [4.78, 5) is 0. The summed E-state index contributed by atoms with van der Waals surface area (Å²) in [6, 6.07) is 0. The molecule has 0 aromatic heterocycles. The fourth-order valence-electron chi connectivity index (χ4n) is 1.73. The third-order valence-corrected chi connectivity index (χ3v) is 5.96. The smallest absolute Gasteiger partial charge is 0.150 e. The van der Waals surface area contributed by atoms with Crippen molar-refractivity contribution in [2.75, 3.05) is 23.0 Å². The lowest BCUT2D eigenvalue weighted by atomic mass is 10.3. The van der Waals surface area contributed by atoms with Crippen molar-refractivity contribution in [2.45, 2.75) is 52.4 Å². The average molecular weight is 282 g/mol. The Hall–Kier alpha value is 0.1000. The summed E-state index contributed by atoms with van der Waals surface area (Å²) < 4.78 is 31.9. The summed E-state index contributed by atoms with van der Waals surface area (Å²) >= 11 is 0. The van der Waals surface area contributed by atoms with Crippen LogP contribution in [0.1, 0.15) is 52.4 Å². The van der Waals surface area contributed by atoms with Crippen LogP contribution in [0.3, 0.4) is 0 Å². The molecule has 2 saturated heterocycles. The van der Waals surface area contributed by atoms with Gasteiger partial charge in [0, 0.05) is 22.3 Å². The van der Waals surface area contributed by atoms with E-state index in [1.807, 2.05) is 13.8 Å². The molecule has 0 aliphatic carbocycles. The molecule has 2 fully saturated rings. The Morgan fingerprint density at radius 3 is 1.41 bits per heavy atom. The number of rotatable bonds is 0. The predicted molar refractivity (Wildman–Crippen MR) is 75.6 cm³/mol. The van der Waals surface area contributed by atoms with Gasteiger partial charge in [-0.25, -0.2) is 8.42 Å². The summed E-state index contributed by atoms with van der Waals surface area (Å²) in [6.45, 7) is 4.00. The molecule has 2 aliphatic heterocycles. The predicted octanol–water partition coefficient (Wildman–Crippen LogP) is 2.53. The van der Waals surface area contributed by atoms with Crippen LogP contribution in [0.15, 0.2) is 0 Å². The fraction of sp³-hybridized carbons (Fsp3) is 1.00. The van der Waals surface area contributed by atoms with Gasteiger partial charge in [-0.2, -0.15) is 0 Å². The molecule has 0 radical (unpaired) electrons. The minimum absolute atomic E-state index is 0.424. The van der Waals surface area contributed by atoms with Crippen molar-refractivity contribution in [3.63, 3.8) is 0 Å². The van der Waals surface area contributed by atoms with Crippen molar-refractivity contribution >= 4 is 20.6 Å². The van der Waals surface area contributed by atoms with Gasteiger partial charge in [0.15, 0.2) is 0 Å². The molecule has 2 aliphatic rings. The molecule has 0 amide bonds. The van der Waals surface area contributed by atoms with Gasteiger partial charge >= 0.3 is 0 Å². The molecule has 0 aromatic rings. The first-order valence-electron chi connectivity index (χ1n) is 6.65. The summed E-state index contributed by atoms with van der Waals surface area (Å²) in [6.07, 6.45) is 6.52. The van der Waals surface area contributed by atoms with E-state index in [0.717, 1.165) is 30.8 Å². The second kappa shape index (κ2) is 10.1. The molecule has 3 nitrogen and oxygen atoms in total. The lowest BCUT2D eigenvalue weighted by Crippen LogP contribution is -2.15. The second-order valence-corrected chi connectivity index (χ2v) is 8.12. The molecular weight excluding hydrogens is 256 g/mol. The van der Waals surface area contributed by atoms with Crippen molar-refractivity contribution in [3.8, 4) is 0 Å². The zero-order valence-corrected chi connectivity index (χ0v) is 12.7.